The van der Waals surface area contributed by atoms with Gasteiger partial charge in [-0.05, 0) is 83.6 Å². The molecule has 0 bridgehead atoms. The first-order chi connectivity index (χ1) is 12.4. The van der Waals surface area contributed by atoms with E-state index in [0.717, 1.165) is 57.4 Å². The minimum atomic E-state index is -0.414. The number of aryl methyl sites for hydroxylation is 3. The van der Waals surface area contributed by atoms with E-state index in [1.165, 1.54) is 30.5 Å². The molecule has 1 aliphatic heterocycles. The quantitative estimate of drug-likeness (QED) is 0.803. The van der Waals surface area contributed by atoms with Crippen LogP contribution in [0.25, 0.3) is 0 Å². The maximum Gasteiger partial charge on any atom is 0.410 e. The summed E-state index contributed by atoms with van der Waals surface area (Å²) >= 11 is 0. The Morgan fingerprint density at radius 1 is 1.23 bits per heavy atom. The van der Waals surface area contributed by atoms with E-state index < -0.39 is 5.60 Å². The number of amides is 1. The maximum atomic E-state index is 12.1. The van der Waals surface area contributed by atoms with Gasteiger partial charge in [-0.25, -0.2) is 14.8 Å². The molecule has 0 spiro atoms. The smallest absolute Gasteiger partial charge is 0.410 e. The molecule has 1 fully saturated rings. The van der Waals surface area contributed by atoms with Gasteiger partial charge in [-0.2, -0.15) is 0 Å². The molecule has 1 saturated heterocycles. The molecule has 1 aliphatic carbocycles. The standard InChI is InChI=1S/C21H33N3O2/c1-21(2,3)26-20(25)24-13-11-16(12-14-24)7-6-10-19-22-15-17-8-4-5-9-18(17)23-19/h15-16H,4-14H2,1-3H3. The van der Waals surface area contributed by atoms with E-state index >= 15 is 0 Å². The van der Waals surface area contributed by atoms with Crippen molar-refractivity contribution in [3.63, 3.8) is 0 Å². The fourth-order valence-electron chi connectivity index (χ4n) is 3.92. The Kier molecular flexibility index (Phi) is 6.15. The van der Waals surface area contributed by atoms with E-state index in [2.05, 4.69) is 11.2 Å². The third kappa shape index (κ3) is 5.42. The molecule has 1 aromatic heterocycles. The predicted octanol–water partition coefficient (Wildman–Crippen LogP) is 4.33. The van der Waals surface area contributed by atoms with Crippen LogP contribution in [-0.4, -0.2) is 39.7 Å². The second-order valence-corrected chi connectivity index (χ2v) is 8.77. The number of rotatable bonds is 4. The first kappa shape index (κ1) is 19.1. The van der Waals surface area contributed by atoms with E-state index in [-0.39, 0.29) is 6.09 Å². The molecule has 1 amide bonds. The van der Waals surface area contributed by atoms with Crippen molar-refractivity contribution in [1.82, 2.24) is 14.9 Å². The summed E-state index contributed by atoms with van der Waals surface area (Å²) in [6, 6.07) is 0. The summed E-state index contributed by atoms with van der Waals surface area (Å²) in [6.07, 6.45) is 12.1. The number of fused-ring (bicyclic) bond motifs is 1. The monoisotopic (exact) mass is 359 g/mol. The number of nitrogens with zero attached hydrogens (tertiary/aromatic N) is 3. The molecular weight excluding hydrogens is 326 g/mol. The first-order valence-electron chi connectivity index (χ1n) is 10.2. The zero-order chi connectivity index (χ0) is 18.6. The topological polar surface area (TPSA) is 55.3 Å². The van der Waals surface area contributed by atoms with Crippen molar-refractivity contribution in [2.24, 2.45) is 5.92 Å². The third-order valence-corrected chi connectivity index (χ3v) is 5.39. The Labute approximate surface area is 157 Å². The van der Waals surface area contributed by atoms with Crippen LogP contribution < -0.4 is 0 Å². The average Bonchev–Trinajstić information content (AvgIpc) is 2.61. The van der Waals surface area contributed by atoms with Crippen molar-refractivity contribution in [1.29, 1.82) is 0 Å². The first-order valence-corrected chi connectivity index (χ1v) is 10.2. The summed E-state index contributed by atoms with van der Waals surface area (Å²) in [6.45, 7) is 7.38. The number of piperidine rings is 1. The summed E-state index contributed by atoms with van der Waals surface area (Å²) in [4.78, 5) is 23.3. The van der Waals surface area contributed by atoms with Crippen LogP contribution in [-0.2, 0) is 24.0 Å². The fraction of sp³-hybridized carbons (Fsp3) is 0.762. The van der Waals surface area contributed by atoms with Gasteiger partial charge in [-0.3, -0.25) is 0 Å². The average molecular weight is 360 g/mol. The van der Waals surface area contributed by atoms with Crippen molar-refractivity contribution in [3.8, 4) is 0 Å². The Balaban J connectivity index is 1.38. The number of hydrogen-bond acceptors (Lipinski definition) is 4. The molecule has 5 heteroatoms. The summed E-state index contributed by atoms with van der Waals surface area (Å²) in [5, 5.41) is 0. The summed E-state index contributed by atoms with van der Waals surface area (Å²) < 4.78 is 5.47. The lowest BCUT2D eigenvalue weighted by atomic mass is 9.91. The molecule has 1 aromatic rings. The molecule has 2 heterocycles. The van der Waals surface area contributed by atoms with Gasteiger partial charge < -0.3 is 9.64 Å². The van der Waals surface area contributed by atoms with E-state index in [9.17, 15) is 4.79 Å². The van der Waals surface area contributed by atoms with Gasteiger partial charge in [-0.15, -0.1) is 0 Å². The van der Waals surface area contributed by atoms with Crippen LogP contribution in [0.1, 0.15) is 76.4 Å². The molecule has 2 aliphatic rings. The molecule has 0 N–H and O–H groups in total. The summed E-state index contributed by atoms with van der Waals surface area (Å²) in [5.41, 5.74) is 2.23. The number of carbonyl (C=O) groups excluding carboxylic acids is 1. The van der Waals surface area contributed by atoms with Crippen LogP contribution in [0.15, 0.2) is 6.20 Å². The molecule has 0 atom stereocenters. The van der Waals surface area contributed by atoms with Gasteiger partial charge in [0.1, 0.15) is 11.4 Å². The molecule has 0 saturated carbocycles. The Hall–Kier alpha value is -1.65. The van der Waals surface area contributed by atoms with Gasteiger partial charge in [0, 0.05) is 31.4 Å². The molecular formula is C21H33N3O2. The predicted molar refractivity (Wildman–Crippen MR) is 102 cm³/mol. The van der Waals surface area contributed by atoms with Crippen LogP contribution in [0.5, 0.6) is 0 Å². The van der Waals surface area contributed by atoms with Gasteiger partial charge in [0.25, 0.3) is 0 Å². The number of hydrogen-bond donors (Lipinski definition) is 0. The van der Waals surface area contributed by atoms with E-state index in [1.54, 1.807) is 0 Å². The molecule has 26 heavy (non-hydrogen) atoms. The van der Waals surface area contributed by atoms with Crippen LogP contribution >= 0.6 is 0 Å². The minimum Gasteiger partial charge on any atom is -0.444 e. The third-order valence-electron chi connectivity index (χ3n) is 5.39. The van der Waals surface area contributed by atoms with Gasteiger partial charge in [0.05, 0.1) is 0 Å². The van der Waals surface area contributed by atoms with Crippen molar-refractivity contribution in [2.45, 2.75) is 84.2 Å². The molecule has 0 unspecified atom stereocenters. The van der Waals surface area contributed by atoms with E-state index in [0.29, 0.717) is 5.92 Å². The summed E-state index contributed by atoms with van der Waals surface area (Å²) in [7, 11) is 0. The van der Waals surface area contributed by atoms with Gasteiger partial charge >= 0.3 is 6.09 Å². The van der Waals surface area contributed by atoms with Crippen molar-refractivity contribution >= 4 is 6.09 Å². The highest BCUT2D eigenvalue weighted by molar-refractivity contribution is 5.68. The number of likely N-dealkylation sites (tertiary alicyclic amines) is 1. The highest BCUT2D eigenvalue weighted by Crippen LogP contribution is 2.24. The fourth-order valence-corrected chi connectivity index (χ4v) is 3.92. The number of carbonyl (C=O) groups is 1. The second kappa shape index (κ2) is 8.36. The lowest BCUT2D eigenvalue weighted by molar-refractivity contribution is 0.0180. The van der Waals surface area contributed by atoms with Crippen LogP contribution in [0.3, 0.4) is 0 Å². The normalized spacial score (nSPS) is 18.5. The number of ether oxygens (including phenoxy) is 1. The van der Waals surface area contributed by atoms with Gasteiger partial charge in [0.2, 0.25) is 0 Å². The van der Waals surface area contributed by atoms with Crippen LogP contribution in [0.4, 0.5) is 4.79 Å². The maximum absolute atomic E-state index is 12.1. The SMILES string of the molecule is CC(C)(C)OC(=O)N1CCC(CCCc2ncc3c(n2)CCCC3)CC1. The van der Waals surface area contributed by atoms with E-state index in [1.807, 2.05) is 25.7 Å². The van der Waals surface area contributed by atoms with Crippen molar-refractivity contribution in [2.75, 3.05) is 13.1 Å². The van der Waals surface area contributed by atoms with Crippen LogP contribution in [0, 0.1) is 5.92 Å². The van der Waals surface area contributed by atoms with Crippen LogP contribution in [0.2, 0.25) is 0 Å². The van der Waals surface area contributed by atoms with Gasteiger partial charge in [0.15, 0.2) is 0 Å². The molecule has 3 rings (SSSR count). The Morgan fingerprint density at radius 3 is 2.69 bits per heavy atom. The van der Waals surface area contributed by atoms with E-state index in [4.69, 9.17) is 9.72 Å². The second-order valence-electron chi connectivity index (χ2n) is 8.77. The lowest BCUT2D eigenvalue weighted by Gasteiger charge is -2.33. The van der Waals surface area contributed by atoms with Crippen molar-refractivity contribution in [3.05, 3.63) is 23.3 Å². The highest BCUT2D eigenvalue weighted by atomic mass is 16.6. The van der Waals surface area contributed by atoms with Crippen molar-refractivity contribution < 1.29 is 9.53 Å². The Bertz CT molecular complexity index is 616. The molecule has 0 aromatic carbocycles. The largest absolute Gasteiger partial charge is 0.444 e. The molecule has 5 nitrogen and oxygen atoms in total. The molecule has 0 radical (unpaired) electrons. The molecule has 144 valence electrons. The zero-order valence-corrected chi connectivity index (χ0v) is 16.6. The minimum absolute atomic E-state index is 0.168. The van der Waals surface area contributed by atoms with Gasteiger partial charge in [-0.1, -0.05) is 0 Å². The Morgan fingerprint density at radius 2 is 1.96 bits per heavy atom. The highest BCUT2D eigenvalue weighted by Gasteiger charge is 2.26. The lowest BCUT2D eigenvalue weighted by Crippen LogP contribution is -2.41. The zero-order valence-electron chi connectivity index (χ0n) is 16.6. The number of aromatic nitrogens is 2. The summed E-state index contributed by atoms with van der Waals surface area (Å²) in [5.74, 6) is 1.71.